The summed E-state index contributed by atoms with van der Waals surface area (Å²) in [6.07, 6.45) is 9.51. The molecule has 2 aromatic heterocycles. The average Bonchev–Trinajstić information content (AvgIpc) is 3.64. The lowest BCUT2D eigenvalue weighted by atomic mass is 9.77. The molecule has 6 aromatic rings. The molecule has 9 nitrogen and oxygen atoms in total. The topological polar surface area (TPSA) is 107 Å². The van der Waals surface area contributed by atoms with Gasteiger partial charge in [-0.25, -0.2) is 4.68 Å². The van der Waals surface area contributed by atoms with Crippen molar-refractivity contribution < 1.29 is 9.59 Å². The number of aromatic nitrogens is 5. The minimum atomic E-state index is -0.750. The predicted molar refractivity (Wildman–Crippen MR) is 186 cm³/mol. The molecule has 0 radical (unpaired) electrons. The summed E-state index contributed by atoms with van der Waals surface area (Å²) in [5.74, 6) is -0.420. The number of nitrogens with zero attached hydrogens (tertiary/aromatic N) is 5. The molecule has 4 aromatic carbocycles. The van der Waals surface area contributed by atoms with E-state index in [1.165, 1.54) is 0 Å². The molecule has 0 saturated heterocycles. The summed E-state index contributed by atoms with van der Waals surface area (Å²) in [7, 11) is 0. The van der Waals surface area contributed by atoms with Gasteiger partial charge in [-0.1, -0.05) is 96.2 Å². The van der Waals surface area contributed by atoms with Gasteiger partial charge in [0.1, 0.15) is 11.2 Å². The fourth-order valence-corrected chi connectivity index (χ4v) is 6.01. The number of benzene rings is 4. The van der Waals surface area contributed by atoms with Crippen molar-refractivity contribution in [2.45, 2.75) is 31.3 Å². The van der Waals surface area contributed by atoms with Gasteiger partial charge in [0, 0.05) is 29.9 Å². The van der Waals surface area contributed by atoms with Gasteiger partial charge in [-0.15, -0.1) is 5.10 Å². The molecule has 0 atom stereocenters. The molecular formula is C39H35N7O2. The molecule has 0 aliphatic heterocycles. The molecule has 1 fully saturated rings. The van der Waals surface area contributed by atoms with Crippen molar-refractivity contribution in [2.24, 2.45) is 0 Å². The highest BCUT2D eigenvalue weighted by Gasteiger charge is 2.39. The van der Waals surface area contributed by atoms with Gasteiger partial charge in [0.2, 0.25) is 0 Å². The van der Waals surface area contributed by atoms with Crippen LogP contribution in [0, 0.1) is 0 Å². The first kappa shape index (κ1) is 30.6. The van der Waals surface area contributed by atoms with Crippen LogP contribution in [0.2, 0.25) is 0 Å². The molecule has 9 heteroatoms. The quantitative estimate of drug-likeness (QED) is 0.167. The largest absolute Gasteiger partial charge is 0.352 e. The second-order valence-corrected chi connectivity index (χ2v) is 11.7. The molecule has 1 aliphatic carbocycles. The fraction of sp³-hybridized carbons (Fsp3) is 0.154. The number of rotatable bonds is 11. The molecule has 2 heterocycles. The minimum Gasteiger partial charge on any atom is -0.352 e. The van der Waals surface area contributed by atoms with Crippen LogP contribution in [0.15, 0.2) is 128 Å². The number of hydrogen-bond acceptors (Lipinski definition) is 5. The third-order valence-electron chi connectivity index (χ3n) is 8.50. The lowest BCUT2D eigenvalue weighted by Gasteiger charge is -2.36. The van der Waals surface area contributed by atoms with E-state index < -0.39 is 5.54 Å². The molecule has 48 heavy (non-hydrogen) atoms. The summed E-state index contributed by atoms with van der Waals surface area (Å²) in [5, 5.41) is 19.4. The van der Waals surface area contributed by atoms with Gasteiger partial charge in [0.25, 0.3) is 11.8 Å². The summed E-state index contributed by atoms with van der Waals surface area (Å²) < 4.78 is 3.62. The zero-order valence-electron chi connectivity index (χ0n) is 26.5. The van der Waals surface area contributed by atoms with Crippen LogP contribution in [0.3, 0.4) is 0 Å². The first-order valence-electron chi connectivity index (χ1n) is 16.1. The van der Waals surface area contributed by atoms with E-state index in [0.29, 0.717) is 23.5 Å². The van der Waals surface area contributed by atoms with Gasteiger partial charge in [-0.3, -0.25) is 14.3 Å². The second kappa shape index (κ2) is 13.3. The maximum Gasteiger partial charge on any atom is 0.274 e. The van der Waals surface area contributed by atoms with Crippen molar-refractivity contribution in [3.05, 3.63) is 167 Å². The van der Waals surface area contributed by atoms with Crippen LogP contribution in [0.4, 0.5) is 0 Å². The number of nitrogens with one attached hydrogen (secondary N) is 2. The third-order valence-corrected chi connectivity index (χ3v) is 8.50. The zero-order valence-corrected chi connectivity index (χ0v) is 26.5. The Kier molecular flexibility index (Phi) is 8.49. The molecule has 2 amide bonds. The summed E-state index contributed by atoms with van der Waals surface area (Å²) >= 11 is 0. The van der Waals surface area contributed by atoms with Crippen molar-refractivity contribution in [2.75, 3.05) is 6.54 Å². The maximum atomic E-state index is 13.3. The number of carbonyl (C=O) groups excluding carboxylic acids is 2. The van der Waals surface area contributed by atoms with E-state index in [0.717, 1.165) is 35.1 Å². The summed E-state index contributed by atoms with van der Waals surface area (Å²) in [4.78, 5) is 25.6. The average molecular weight is 634 g/mol. The van der Waals surface area contributed by atoms with Crippen molar-refractivity contribution in [1.29, 1.82) is 0 Å². The minimum absolute atomic E-state index is 0.151. The van der Waals surface area contributed by atoms with Gasteiger partial charge < -0.3 is 10.6 Å². The Morgan fingerprint density at radius 1 is 0.792 bits per heavy atom. The Morgan fingerprint density at radius 2 is 1.38 bits per heavy atom. The van der Waals surface area contributed by atoms with E-state index in [2.05, 4.69) is 57.3 Å². The first-order valence-corrected chi connectivity index (χ1v) is 16.1. The highest BCUT2D eigenvalue weighted by molar-refractivity contribution is 5.97. The van der Waals surface area contributed by atoms with E-state index in [1.807, 2.05) is 90.7 Å². The van der Waals surface area contributed by atoms with E-state index in [9.17, 15) is 9.59 Å². The molecule has 0 spiro atoms. The first-order chi connectivity index (χ1) is 23.6. The van der Waals surface area contributed by atoms with Gasteiger partial charge in [0.05, 0.1) is 11.9 Å². The fourth-order valence-electron chi connectivity index (χ4n) is 6.01. The molecule has 238 valence electrons. The Labute approximate surface area is 278 Å². The highest BCUT2D eigenvalue weighted by atomic mass is 16.2. The van der Waals surface area contributed by atoms with E-state index in [1.54, 1.807) is 28.9 Å². The predicted octanol–water partition coefficient (Wildman–Crippen LogP) is 6.12. The van der Waals surface area contributed by atoms with Crippen LogP contribution < -0.4 is 10.6 Å². The van der Waals surface area contributed by atoms with Crippen LogP contribution >= 0.6 is 0 Å². The van der Waals surface area contributed by atoms with Gasteiger partial charge in [0.15, 0.2) is 5.69 Å². The molecule has 1 aliphatic rings. The van der Waals surface area contributed by atoms with Crippen LogP contribution in [0.1, 0.15) is 68.6 Å². The molecule has 1 saturated carbocycles. The third kappa shape index (κ3) is 5.93. The van der Waals surface area contributed by atoms with Crippen molar-refractivity contribution in [3.63, 3.8) is 0 Å². The van der Waals surface area contributed by atoms with Crippen LogP contribution in [-0.2, 0) is 5.54 Å². The monoisotopic (exact) mass is 633 g/mol. The lowest BCUT2D eigenvalue weighted by Crippen LogP contribution is -2.38. The SMILES string of the molecule is CCNC(=O)c1ccc(-n2nnc(C(=O)NC3CC3)c2C=Cc2cnn(C(c3ccccc3)(c3ccccc3)c3ccccc3)c2)cc1. The van der Waals surface area contributed by atoms with E-state index in [-0.39, 0.29) is 23.6 Å². The Balaban J connectivity index is 1.31. The maximum absolute atomic E-state index is 13.3. The van der Waals surface area contributed by atoms with E-state index in [4.69, 9.17) is 5.10 Å². The summed E-state index contributed by atoms with van der Waals surface area (Å²) in [6, 6.07) is 38.3. The van der Waals surface area contributed by atoms with Gasteiger partial charge in [-0.05, 0) is 72.9 Å². The zero-order chi connectivity index (χ0) is 32.9. The molecule has 0 unspecified atom stereocenters. The molecule has 7 rings (SSSR count). The standard InChI is InChI=1S/C39H35N7O2/c1-2-40-37(47)29-19-23-34(24-20-29)46-35(36(43-44-46)38(48)42-33-21-22-33)25-18-28-26-41-45(27-28)39(30-12-6-3-7-13-30,31-14-8-4-9-15-31)32-16-10-5-11-17-32/h3-20,23-27,33H,2,21-22H2,1H3,(H,40,47)(H,42,48). The smallest absolute Gasteiger partial charge is 0.274 e. The lowest BCUT2D eigenvalue weighted by molar-refractivity contribution is 0.0941. The summed E-state index contributed by atoms with van der Waals surface area (Å²) in [5.41, 5.74) is 5.24. The molecule has 2 N–H and O–H groups in total. The molecule has 0 bridgehead atoms. The van der Waals surface area contributed by atoms with Crippen molar-refractivity contribution in [1.82, 2.24) is 35.4 Å². The van der Waals surface area contributed by atoms with Crippen molar-refractivity contribution in [3.8, 4) is 5.69 Å². The van der Waals surface area contributed by atoms with Crippen LogP contribution in [0.25, 0.3) is 17.8 Å². The molecular weight excluding hydrogens is 598 g/mol. The highest BCUT2D eigenvalue weighted by Crippen LogP contribution is 2.40. The second-order valence-electron chi connectivity index (χ2n) is 11.7. The number of hydrogen-bond donors (Lipinski definition) is 2. The van der Waals surface area contributed by atoms with Crippen LogP contribution in [-0.4, -0.2) is 49.2 Å². The van der Waals surface area contributed by atoms with E-state index >= 15 is 0 Å². The number of amides is 2. The van der Waals surface area contributed by atoms with Crippen molar-refractivity contribution >= 4 is 24.0 Å². The number of carbonyl (C=O) groups is 2. The Morgan fingerprint density at radius 3 is 1.92 bits per heavy atom. The normalized spacial score (nSPS) is 13.0. The Hall–Kier alpha value is -6.09. The van der Waals surface area contributed by atoms with Gasteiger partial charge >= 0.3 is 0 Å². The van der Waals surface area contributed by atoms with Crippen LogP contribution in [0.5, 0.6) is 0 Å². The Bertz CT molecular complexity index is 1950. The van der Waals surface area contributed by atoms with Gasteiger partial charge in [-0.2, -0.15) is 5.10 Å². The summed E-state index contributed by atoms with van der Waals surface area (Å²) in [6.45, 7) is 2.42.